The minimum Gasteiger partial charge on any atom is -0.493 e. The summed E-state index contributed by atoms with van der Waals surface area (Å²) in [6.07, 6.45) is -3.19. The summed E-state index contributed by atoms with van der Waals surface area (Å²) in [6.45, 7) is 4.54. The van der Waals surface area contributed by atoms with Crippen molar-refractivity contribution in [2.24, 2.45) is 11.8 Å². The van der Waals surface area contributed by atoms with E-state index in [1.54, 1.807) is 6.92 Å². The first-order valence-electron chi connectivity index (χ1n) is 9.29. The van der Waals surface area contributed by atoms with Crippen molar-refractivity contribution in [2.75, 3.05) is 13.2 Å². The van der Waals surface area contributed by atoms with E-state index < -0.39 is 18.8 Å². The van der Waals surface area contributed by atoms with E-state index in [2.05, 4.69) is 15.0 Å². The Morgan fingerprint density at radius 1 is 1.03 bits per heavy atom. The zero-order chi connectivity index (χ0) is 21.4. The summed E-state index contributed by atoms with van der Waals surface area (Å²) in [6, 6.07) is 11.9. The SMILES string of the molecule is C[C@@H](NC(=O)[C@H](C)[C@@H](C)COc1ccccc1)c1ccc(OCC(F)(F)F)cn1. The van der Waals surface area contributed by atoms with Gasteiger partial charge in [0, 0.05) is 11.8 Å². The van der Waals surface area contributed by atoms with E-state index in [1.165, 1.54) is 18.3 Å². The molecule has 0 aliphatic rings. The molecule has 2 aromatic rings. The molecular formula is C21H25F3N2O3. The maximum absolute atomic E-state index is 12.5. The Hall–Kier alpha value is -2.77. The van der Waals surface area contributed by atoms with Gasteiger partial charge in [-0.25, -0.2) is 0 Å². The van der Waals surface area contributed by atoms with Crippen LogP contribution in [0.15, 0.2) is 48.7 Å². The van der Waals surface area contributed by atoms with Crippen molar-refractivity contribution in [2.45, 2.75) is 33.0 Å². The quantitative estimate of drug-likeness (QED) is 0.659. The number of ether oxygens (including phenoxy) is 2. The first-order valence-corrected chi connectivity index (χ1v) is 9.29. The lowest BCUT2D eigenvalue weighted by molar-refractivity contribution is -0.153. The highest BCUT2D eigenvalue weighted by Gasteiger charge is 2.28. The number of carbonyl (C=O) groups is 1. The van der Waals surface area contributed by atoms with Crippen LogP contribution in [0.3, 0.4) is 0 Å². The maximum Gasteiger partial charge on any atom is 0.422 e. The number of pyridine rings is 1. The number of para-hydroxylation sites is 1. The number of carbonyl (C=O) groups excluding carboxylic acids is 1. The van der Waals surface area contributed by atoms with E-state index in [1.807, 2.05) is 44.2 Å². The summed E-state index contributed by atoms with van der Waals surface area (Å²) in [4.78, 5) is 16.6. The monoisotopic (exact) mass is 410 g/mol. The first-order chi connectivity index (χ1) is 13.7. The van der Waals surface area contributed by atoms with Crippen LogP contribution in [0.1, 0.15) is 32.5 Å². The van der Waals surface area contributed by atoms with Gasteiger partial charge in [-0.2, -0.15) is 13.2 Å². The van der Waals surface area contributed by atoms with Crippen molar-refractivity contribution in [1.29, 1.82) is 0 Å². The van der Waals surface area contributed by atoms with E-state index in [9.17, 15) is 18.0 Å². The summed E-state index contributed by atoms with van der Waals surface area (Å²) < 4.78 is 46.9. The van der Waals surface area contributed by atoms with Crippen LogP contribution in [-0.4, -0.2) is 30.3 Å². The lowest BCUT2D eigenvalue weighted by Gasteiger charge is -2.22. The zero-order valence-corrected chi connectivity index (χ0v) is 16.6. The molecule has 0 aliphatic carbocycles. The molecule has 0 saturated carbocycles. The highest BCUT2D eigenvalue weighted by Crippen LogP contribution is 2.20. The Kier molecular flexibility index (Phi) is 7.87. The zero-order valence-electron chi connectivity index (χ0n) is 16.6. The fraction of sp³-hybridized carbons (Fsp3) is 0.429. The smallest absolute Gasteiger partial charge is 0.422 e. The summed E-state index contributed by atoms with van der Waals surface area (Å²) in [5.41, 5.74) is 0.526. The largest absolute Gasteiger partial charge is 0.493 e. The van der Waals surface area contributed by atoms with Gasteiger partial charge in [-0.1, -0.05) is 32.0 Å². The molecule has 0 unspecified atom stereocenters. The van der Waals surface area contributed by atoms with Gasteiger partial charge in [-0.3, -0.25) is 9.78 Å². The predicted molar refractivity (Wildman–Crippen MR) is 103 cm³/mol. The second-order valence-corrected chi connectivity index (χ2v) is 6.94. The van der Waals surface area contributed by atoms with Gasteiger partial charge in [0.05, 0.1) is 24.5 Å². The highest BCUT2D eigenvalue weighted by atomic mass is 19.4. The number of aromatic nitrogens is 1. The third-order valence-electron chi connectivity index (χ3n) is 4.49. The van der Waals surface area contributed by atoms with E-state index in [4.69, 9.17) is 4.74 Å². The van der Waals surface area contributed by atoms with Crippen LogP contribution in [-0.2, 0) is 4.79 Å². The van der Waals surface area contributed by atoms with Crippen molar-refractivity contribution < 1.29 is 27.4 Å². The molecule has 0 saturated heterocycles. The molecule has 1 N–H and O–H groups in total. The lowest BCUT2D eigenvalue weighted by Crippen LogP contribution is -2.36. The highest BCUT2D eigenvalue weighted by molar-refractivity contribution is 5.78. The second-order valence-electron chi connectivity index (χ2n) is 6.94. The summed E-state index contributed by atoms with van der Waals surface area (Å²) in [7, 11) is 0. The Labute approximate surface area is 168 Å². The first kappa shape index (κ1) is 22.5. The summed E-state index contributed by atoms with van der Waals surface area (Å²) in [5.74, 6) is 0.298. The molecule has 0 radical (unpaired) electrons. The van der Waals surface area contributed by atoms with Crippen LogP contribution < -0.4 is 14.8 Å². The van der Waals surface area contributed by atoms with Crippen LogP contribution in [0.5, 0.6) is 11.5 Å². The maximum atomic E-state index is 12.5. The number of halogens is 3. The van der Waals surface area contributed by atoms with Gasteiger partial charge in [-0.15, -0.1) is 0 Å². The topological polar surface area (TPSA) is 60.5 Å². The van der Waals surface area contributed by atoms with Crippen LogP contribution >= 0.6 is 0 Å². The molecule has 0 bridgehead atoms. The Bertz CT molecular complexity index is 767. The van der Waals surface area contributed by atoms with Crippen molar-refractivity contribution >= 4 is 5.91 Å². The van der Waals surface area contributed by atoms with Crippen molar-refractivity contribution in [3.05, 3.63) is 54.4 Å². The molecule has 0 spiro atoms. The molecule has 158 valence electrons. The average molecular weight is 410 g/mol. The molecule has 1 heterocycles. The number of hydrogen-bond acceptors (Lipinski definition) is 4. The number of rotatable bonds is 9. The number of alkyl halides is 3. The van der Waals surface area contributed by atoms with Crippen molar-refractivity contribution in [3.63, 3.8) is 0 Å². The Balaban J connectivity index is 1.83. The van der Waals surface area contributed by atoms with E-state index in [0.717, 1.165) is 5.75 Å². The second kappa shape index (κ2) is 10.1. The van der Waals surface area contributed by atoms with E-state index >= 15 is 0 Å². The number of amides is 1. The van der Waals surface area contributed by atoms with Crippen LogP contribution in [0.25, 0.3) is 0 Å². The third kappa shape index (κ3) is 7.63. The van der Waals surface area contributed by atoms with Gasteiger partial charge in [0.2, 0.25) is 5.91 Å². The van der Waals surface area contributed by atoms with Crippen LogP contribution in [0.2, 0.25) is 0 Å². The molecule has 0 aliphatic heterocycles. The molecule has 1 aromatic heterocycles. The minimum absolute atomic E-state index is 0.0182. The molecule has 3 atom stereocenters. The van der Waals surface area contributed by atoms with E-state index in [-0.39, 0.29) is 23.5 Å². The molecule has 8 heteroatoms. The van der Waals surface area contributed by atoms with Gasteiger partial charge in [0.15, 0.2) is 6.61 Å². The third-order valence-corrected chi connectivity index (χ3v) is 4.49. The fourth-order valence-electron chi connectivity index (χ4n) is 2.46. The molecular weight excluding hydrogens is 385 g/mol. The van der Waals surface area contributed by atoms with Crippen LogP contribution in [0, 0.1) is 11.8 Å². The minimum atomic E-state index is -4.41. The van der Waals surface area contributed by atoms with E-state index in [0.29, 0.717) is 12.3 Å². The molecule has 5 nitrogen and oxygen atoms in total. The number of nitrogens with one attached hydrogen (secondary N) is 1. The normalized spacial score (nSPS) is 14.6. The van der Waals surface area contributed by atoms with Gasteiger partial charge in [0.25, 0.3) is 0 Å². The lowest BCUT2D eigenvalue weighted by atomic mass is 9.95. The van der Waals surface area contributed by atoms with Gasteiger partial charge in [0.1, 0.15) is 11.5 Å². The van der Waals surface area contributed by atoms with Gasteiger partial charge >= 0.3 is 6.18 Å². The molecule has 2 rings (SSSR count). The number of hydrogen-bond donors (Lipinski definition) is 1. The predicted octanol–water partition coefficient (Wildman–Crippen LogP) is 4.55. The number of benzene rings is 1. The average Bonchev–Trinajstić information content (AvgIpc) is 2.70. The van der Waals surface area contributed by atoms with Crippen molar-refractivity contribution in [1.82, 2.24) is 10.3 Å². The van der Waals surface area contributed by atoms with Crippen LogP contribution in [0.4, 0.5) is 13.2 Å². The summed E-state index contributed by atoms with van der Waals surface area (Å²) >= 11 is 0. The van der Waals surface area contributed by atoms with Gasteiger partial charge < -0.3 is 14.8 Å². The fourth-order valence-corrected chi connectivity index (χ4v) is 2.46. The Morgan fingerprint density at radius 2 is 1.72 bits per heavy atom. The number of nitrogens with zero attached hydrogens (tertiary/aromatic N) is 1. The van der Waals surface area contributed by atoms with Crippen molar-refractivity contribution in [3.8, 4) is 11.5 Å². The molecule has 1 aromatic carbocycles. The molecule has 0 fully saturated rings. The van der Waals surface area contributed by atoms with Gasteiger partial charge in [-0.05, 0) is 31.2 Å². The molecule has 29 heavy (non-hydrogen) atoms. The standard InChI is InChI=1S/C21H25F3N2O3/c1-14(12-28-17-7-5-4-6-8-17)15(2)20(27)26-16(3)19-10-9-18(11-25-19)29-13-21(22,23)24/h4-11,14-16H,12-13H2,1-3H3,(H,26,27)/t14-,15+,16+/m0/s1. The summed E-state index contributed by atoms with van der Waals surface area (Å²) in [5, 5.41) is 2.87. The molecule has 1 amide bonds. The Morgan fingerprint density at radius 3 is 2.31 bits per heavy atom.